The van der Waals surface area contributed by atoms with Gasteiger partial charge in [0.25, 0.3) is 5.91 Å². The first kappa shape index (κ1) is 14.1. The van der Waals surface area contributed by atoms with Gasteiger partial charge in [-0.15, -0.1) is 0 Å². The summed E-state index contributed by atoms with van der Waals surface area (Å²) in [5.41, 5.74) is 6.69. The molecule has 0 aromatic carbocycles. The van der Waals surface area contributed by atoms with Crippen molar-refractivity contribution in [2.75, 3.05) is 6.54 Å². The van der Waals surface area contributed by atoms with Crippen molar-refractivity contribution in [1.29, 1.82) is 0 Å². The van der Waals surface area contributed by atoms with Crippen molar-refractivity contribution in [2.24, 2.45) is 5.73 Å². The molecule has 1 aromatic heterocycles. The molecule has 0 saturated heterocycles. The topological polar surface area (TPSA) is 60.0 Å². The average Bonchev–Trinajstić information content (AvgIpc) is 2.82. The number of nitrogens with zero attached hydrogens (tertiary/aromatic N) is 1. The predicted octanol–water partition coefficient (Wildman–Crippen LogP) is 2.46. The highest BCUT2D eigenvalue weighted by molar-refractivity contribution is 5.92. The molecule has 3 N–H and O–H groups in total. The van der Waals surface area contributed by atoms with Gasteiger partial charge in [0.1, 0.15) is 5.69 Å². The average molecular weight is 263 g/mol. The van der Waals surface area contributed by atoms with Crippen LogP contribution in [0.3, 0.4) is 0 Å². The van der Waals surface area contributed by atoms with Crippen molar-refractivity contribution in [3.8, 4) is 0 Å². The minimum absolute atomic E-state index is 0.00590. The van der Waals surface area contributed by atoms with Crippen molar-refractivity contribution in [3.63, 3.8) is 0 Å². The third-order valence-electron chi connectivity index (χ3n) is 4.49. The minimum atomic E-state index is -0.288. The quantitative estimate of drug-likeness (QED) is 0.828. The van der Waals surface area contributed by atoms with Crippen LogP contribution >= 0.6 is 0 Å². The molecule has 106 valence electrons. The second-order valence-corrected chi connectivity index (χ2v) is 5.64. The number of carbonyl (C=O) groups excluding carboxylic acids is 1. The zero-order chi connectivity index (χ0) is 13.9. The van der Waals surface area contributed by atoms with Gasteiger partial charge in [0.2, 0.25) is 0 Å². The van der Waals surface area contributed by atoms with E-state index < -0.39 is 0 Å². The summed E-state index contributed by atoms with van der Waals surface area (Å²) in [6.45, 7) is 4.66. The summed E-state index contributed by atoms with van der Waals surface area (Å²) in [6, 6.07) is 4.35. The molecule has 0 radical (unpaired) electrons. The van der Waals surface area contributed by atoms with Crippen molar-refractivity contribution in [2.45, 2.75) is 57.5 Å². The molecule has 0 aliphatic heterocycles. The number of rotatable bonds is 6. The Hall–Kier alpha value is -1.29. The van der Waals surface area contributed by atoms with E-state index in [1.54, 1.807) is 0 Å². The highest BCUT2D eigenvalue weighted by Gasteiger charge is 2.25. The number of aromatic nitrogens is 1. The van der Waals surface area contributed by atoms with Crippen molar-refractivity contribution in [3.05, 3.63) is 24.0 Å². The molecule has 0 bridgehead atoms. The molecule has 19 heavy (non-hydrogen) atoms. The van der Waals surface area contributed by atoms with Crippen LogP contribution in [0.15, 0.2) is 18.3 Å². The molecule has 1 saturated carbocycles. The van der Waals surface area contributed by atoms with Gasteiger partial charge in [-0.25, -0.2) is 0 Å². The number of hydrogen-bond donors (Lipinski definition) is 2. The lowest BCUT2D eigenvalue weighted by molar-refractivity contribution is 0.0927. The van der Waals surface area contributed by atoms with Crippen molar-refractivity contribution in [1.82, 2.24) is 9.88 Å². The highest BCUT2D eigenvalue weighted by Crippen LogP contribution is 2.32. The molecule has 1 heterocycles. The SMILES string of the molecule is CCC(N)(CC)CNC(=O)c1cccn1C1CCC1. The van der Waals surface area contributed by atoms with E-state index in [2.05, 4.69) is 23.7 Å². The molecule has 1 amide bonds. The number of nitrogens with two attached hydrogens (primary N) is 1. The lowest BCUT2D eigenvalue weighted by atomic mass is 9.92. The fraction of sp³-hybridized carbons (Fsp3) is 0.667. The van der Waals surface area contributed by atoms with Gasteiger partial charge in [0.05, 0.1) is 0 Å². The molecule has 2 rings (SSSR count). The Labute approximate surface area is 115 Å². The molecule has 1 aromatic rings. The maximum Gasteiger partial charge on any atom is 0.267 e. The van der Waals surface area contributed by atoms with E-state index in [9.17, 15) is 4.79 Å². The van der Waals surface area contributed by atoms with Gasteiger partial charge < -0.3 is 15.6 Å². The second kappa shape index (κ2) is 5.78. The molecule has 4 nitrogen and oxygen atoms in total. The van der Waals surface area contributed by atoms with Gasteiger partial charge in [-0.05, 0) is 44.2 Å². The Kier molecular flexibility index (Phi) is 4.30. The number of amides is 1. The predicted molar refractivity (Wildman–Crippen MR) is 77.2 cm³/mol. The molecule has 0 spiro atoms. The molecule has 1 aliphatic rings. The number of nitrogens with one attached hydrogen (secondary N) is 1. The fourth-order valence-corrected chi connectivity index (χ4v) is 2.42. The van der Waals surface area contributed by atoms with Crippen LogP contribution in [0.4, 0.5) is 0 Å². The summed E-state index contributed by atoms with van der Waals surface area (Å²) < 4.78 is 2.11. The van der Waals surface area contributed by atoms with E-state index in [1.807, 2.05) is 18.3 Å². The third kappa shape index (κ3) is 3.00. The first-order valence-electron chi connectivity index (χ1n) is 7.33. The van der Waals surface area contributed by atoms with E-state index in [4.69, 9.17) is 5.73 Å². The molecular weight excluding hydrogens is 238 g/mol. The summed E-state index contributed by atoms with van der Waals surface area (Å²) in [6.07, 6.45) is 7.37. The Morgan fingerprint density at radius 2 is 2.16 bits per heavy atom. The zero-order valence-corrected chi connectivity index (χ0v) is 12.0. The maximum atomic E-state index is 12.3. The molecule has 1 fully saturated rings. The molecule has 4 heteroatoms. The Morgan fingerprint density at radius 1 is 1.47 bits per heavy atom. The van der Waals surface area contributed by atoms with Gasteiger partial charge in [-0.2, -0.15) is 0 Å². The molecular formula is C15H25N3O. The van der Waals surface area contributed by atoms with E-state index in [0.29, 0.717) is 12.6 Å². The van der Waals surface area contributed by atoms with E-state index in [-0.39, 0.29) is 11.4 Å². The lowest BCUT2D eigenvalue weighted by Gasteiger charge is -2.30. The van der Waals surface area contributed by atoms with Gasteiger partial charge in [-0.3, -0.25) is 4.79 Å². The Bertz CT molecular complexity index is 430. The van der Waals surface area contributed by atoms with Crippen LogP contribution in [0.1, 0.15) is 62.5 Å². The first-order valence-corrected chi connectivity index (χ1v) is 7.33. The van der Waals surface area contributed by atoms with Gasteiger partial charge in [0.15, 0.2) is 0 Å². The van der Waals surface area contributed by atoms with Crippen LogP contribution in [0.25, 0.3) is 0 Å². The van der Waals surface area contributed by atoms with Crippen molar-refractivity contribution >= 4 is 5.91 Å². The highest BCUT2D eigenvalue weighted by atomic mass is 16.1. The van der Waals surface area contributed by atoms with Gasteiger partial charge >= 0.3 is 0 Å². The summed E-state index contributed by atoms with van der Waals surface area (Å²) in [4.78, 5) is 12.3. The van der Waals surface area contributed by atoms with E-state index in [0.717, 1.165) is 18.5 Å². The standard InChI is InChI=1S/C15H25N3O/c1-3-15(16,4-2)11-17-14(19)13-9-6-10-18(13)12-7-5-8-12/h6,9-10,12H,3-5,7-8,11,16H2,1-2H3,(H,17,19). The Balaban J connectivity index is 1.98. The third-order valence-corrected chi connectivity index (χ3v) is 4.49. The summed E-state index contributed by atoms with van der Waals surface area (Å²) >= 11 is 0. The maximum absolute atomic E-state index is 12.3. The molecule has 0 unspecified atom stereocenters. The molecule has 0 atom stereocenters. The van der Waals surface area contributed by atoms with Crippen LogP contribution in [0.5, 0.6) is 0 Å². The summed E-state index contributed by atoms with van der Waals surface area (Å²) in [5, 5.41) is 2.99. The summed E-state index contributed by atoms with van der Waals surface area (Å²) in [5.74, 6) is -0.00590. The molecule has 1 aliphatic carbocycles. The minimum Gasteiger partial charge on any atom is -0.349 e. The normalized spacial score (nSPS) is 16.2. The van der Waals surface area contributed by atoms with Crippen LogP contribution < -0.4 is 11.1 Å². The second-order valence-electron chi connectivity index (χ2n) is 5.64. The van der Waals surface area contributed by atoms with Crippen LogP contribution in [-0.2, 0) is 0 Å². The van der Waals surface area contributed by atoms with E-state index in [1.165, 1.54) is 19.3 Å². The van der Waals surface area contributed by atoms with E-state index >= 15 is 0 Å². The van der Waals surface area contributed by atoms with Crippen LogP contribution in [-0.4, -0.2) is 22.6 Å². The number of carbonyl (C=O) groups is 1. The van der Waals surface area contributed by atoms with Crippen molar-refractivity contribution < 1.29 is 4.79 Å². The first-order chi connectivity index (χ1) is 9.09. The van der Waals surface area contributed by atoms with Gasteiger partial charge in [-0.1, -0.05) is 13.8 Å². The van der Waals surface area contributed by atoms with Gasteiger partial charge in [0, 0.05) is 24.3 Å². The van der Waals surface area contributed by atoms with Crippen LogP contribution in [0, 0.1) is 0 Å². The van der Waals surface area contributed by atoms with Crippen LogP contribution in [0.2, 0.25) is 0 Å². The Morgan fingerprint density at radius 3 is 2.68 bits per heavy atom. The lowest BCUT2D eigenvalue weighted by Crippen LogP contribution is -2.49. The number of hydrogen-bond acceptors (Lipinski definition) is 2. The monoisotopic (exact) mass is 263 g/mol. The smallest absolute Gasteiger partial charge is 0.267 e. The fourth-order valence-electron chi connectivity index (χ4n) is 2.42. The summed E-state index contributed by atoms with van der Waals surface area (Å²) in [7, 11) is 0. The largest absolute Gasteiger partial charge is 0.349 e. The zero-order valence-electron chi connectivity index (χ0n) is 12.0.